The molecular weight excluding hydrogens is 258 g/mol. The molecule has 2 fully saturated rings. The molecule has 0 aromatic heterocycles. The molecule has 2 aliphatic carbocycles. The monoisotopic (exact) mass is 281 g/mol. The van der Waals surface area contributed by atoms with Crippen molar-refractivity contribution in [2.45, 2.75) is 57.5 Å². The standard InChI is InChI=1S/C14H23N3OS/c1-10(12(18)17-11-4-5-11)16-13-15-8-14(9-19-13)6-2-3-7-14/h10-11H,2-9H2,1H3,(H,15,16)(H,17,18). The lowest BCUT2D eigenvalue weighted by Gasteiger charge is -2.31. The van der Waals surface area contributed by atoms with Gasteiger partial charge in [-0.1, -0.05) is 24.6 Å². The van der Waals surface area contributed by atoms with Gasteiger partial charge >= 0.3 is 0 Å². The van der Waals surface area contributed by atoms with Crippen molar-refractivity contribution in [3.63, 3.8) is 0 Å². The first kappa shape index (κ1) is 13.3. The number of carbonyl (C=O) groups is 1. The maximum absolute atomic E-state index is 11.9. The van der Waals surface area contributed by atoms with Crippen LogP contribution in [-0.2, 0) is 4.79 Å². The fraction of sp³-hybridized carbons (Fsp3) is 0.857. The number of thioether (sulfide) groups is 1. The molecule has 0 radical (unpaired) electrons. The maximum atomic E-state index is 11.9. The van der Waals surface area contributed by atoms with Crippen LogP contribution >= 0.6 is 11.8 Å². The zero-order valence-corrected chi connectivity index (χ0v) is 12.4. The van der Waals surface area contributed by atoms with Crippen LogP contribution in [-0.4, -0.2) is 35.5 Å². The molecule has 1 amide bonds. The molecule has 1 spiro atoms. The Bertz CT molecular complexity index is 386. The average Bonchev–Trinajstić information content (AvgIpc) is 3.11. The van der Waals surface area contributed by atoms with Gasteiger partial charge in [0.05, 0.1) is 0 Å². The SMILES string of the molecule is CC(NC1=NCC2(CCCC2)CS1)C(=O)NC1CC1. The van der Waals surface area contributed by atoms with E-state index in [2.05, 4.69) is 15.6 Å². The number of hydrogen-bond donors (Lipinski definition) is 2. The van der Waals surface area contributed by atoms with Crippen LogP contribution in [0.1, 0.15) is 45.4 Å². The van der Waals surface area contributed by atoms with Gasteiger partial charge in [0.1, 0.15) is 6.04 Å². The lowest BCUT2D eigenvalue weighted by molar-refractivity contribution is -0.122. The molecule has 0 aromatic rings. The Balaban J connectivity index is 1.49. The summed E-state index contributed by atoms with van der Waals surface area (Å²) in [5.74, 6) is 1.27. The van der Waals surface area contributed by atoms with Crippen molar-refractivity contribution >= 4 is 22.8 Å². The van der Waals surface area contributed by atoms with Crippen molar-refractivity contribution in [1.82, 2.24) is 10.6 Å². The van der Waals surface area contributed by atoms with Crippen molar-refractivity contribution in [2.75, 3.05) is 12.3 Å². The molecule has 106 valence electrons. The van der Waals surface area contributed by atoms with Crippen LogP contribution in [0.15, 0.2) is 4.99 Å². The number of hydrogen-bond acceptors (Lipinski definition) is 4. The number of nitrogens with one attached hydrogen (secondary N) is 2. The van der Waals surface area contributed by atoms with E-state index in [1.807, 2.05) is 6.92 Å². The van der Waals surface area contributed by atoms with Crippen LogP contribution in [0.4, 0.5) is 0 Å². The largest absolute Gasteiger partial charge is 0.353 e. The third-order valence-corrected chi connectivity index (χ3v) is 5.67. The Kier molecular flexibility index (Phi) is 3.74. The highest BCUT2D eigenvalue weighted by Crippen LogP contribution is 2.43. The van der Waals surface area contributed by atoms with Crippen LogP contribution in [0.25, 0.3) is 0 Å². The van der Waals surface area contributed by atoms with Gasteiger partial charge in [-0.2, -0.15) is 0 Å². The second-order valence-corrected chi connectivity index (χ2v) is 7.23. The van der Waals surface area contributed by atoms with Gasteiger partial charge in [-0.25, -0.2) is 0 Å². The van der Waals surface area contributed by atoms with E-state index in [1.54, 1.807) is 11.8 Å². The van der Waals surface area contributed by atoms with Crippen molar-refractivity contribution in [3.05, 3.63) is 0 Å². The first-order valence-electron chi connectivity index (χ1n) is 7.41. The predicted molar refractivity (Wildman–Crippen MR) is 79.4 cm³/mol. The van der Waals surface area contributed by atoms with Gasteiger partial charge in [-0.15, -0.1) is 0 Å². The summed E-state index contributed by atoms with van der Waals surface area (Å²) in [7, 11) is 0. The van der Waals surface area contributed by atoms with Crippen molar-refractivity contribution in [1.29, 1.82) is 0 Å². The normalized spacial score (nSPS) is 26.9. The highest BCUT2D eigenvalue weighted by molar-refractivity contribution is 8.13. The van der Waals surface area contributed by atoms with Crippen LogP contribution in [0.3, 0.4) is 0 Å². The minimum absolute atomic E-state index is 0.104. The van der Waals surface area contributed by atoms with Gasteiger partial charge in [0, 0.05) is 18.3 Å². The molecule has 1 heterocycles. The molecule has 3 aliphatic rings. The fourth-order valence-electron chi connectivity index (χ4n) is 2.87. The Morgan fingerprint density at radius 3 is 2.74 bits per heavy atom. The molecule has 0 aromatic carbocycles. The third-order valence-electron chi connectivity index (χ3n) is 4.39. The summed E-state index contributed by atoms with van der Waals surface area (Å²) in [6.07, 6.45) is 7.65. The first-order valence-corrected chi connectivity index (χ1v) is 8.40. The van der Waals surface area contributed by atoms with Crippen LogP contribution in [0, 0.1) is 5.41 Å². The molecule has 2 saturated carbocycles. The van der Waals surface area contributed by atoms with Gasteiger partial charge in [-0.05, 0) is 38.0 Å². The predicted octanol–water partition coefficient (Wildman–Crippen LogP) is 1.91. The zero-order chi connectivity index (χ0) is 13.3. The minimum Gasteiger partial charge on any atom is -0.353 e. The molecule has 3 rings (SSSR count). The molecule has 2 N–H and O–H groups in total. The van der Waals surface area contributed by atoms with E-state index >= 15 is 0 Å². The maximum Gasteiger partial charge on any atom is 0.242 e. The Hall–Kier alpha value is -0.710. The molecular formula is C14H23N3OS. The van der Waals surface area contributed by atoms with Crippen molar-refractivity contribution < 1.29 is 4.79 Å². The number of aliphatic imine (C=N–C) groups is 1. The summed E-state index contributed by atoms with van der Waals surface area (Å²) in [5, 5.41) is 7.24. The summed E-state index contributed by atoms with van der Waals surface area (Å²) in [6.45, 7) is 2.86. The summed E-state index contributed by atoms with van der Waals surface area (Å²) in [6, 6.07) is 0.254. The third kappa shape index (κ3) is 3.25. The van der Waals surface area contributed by atoms with E-state index < -0.39 is 0 Å². The second-order valence-electron chi connectivity index (χ2n) is 6.27. The van der Waals surface area contributed by atoms with Crippen LogP contribution in [0.2, 0.25) is 0 Å². The molecule has 1 atom stereocenters. The topological polar surface area (TPSA) is 53.5 Å². The first-order chi connectivity index (χ1) is 9.17. The van der Waals surface area contributed by atoms with Crippen LogP contribution in [0.5, 0.6) is 0 Å². The van der Waals surface area contributed by atoms with Gasteiger partial charge < -0.3 is 10.6 Å². The van der Waals surface area contributed by atoms with Gasteiger partial charge in [-0.3, -0.25) is 9.79 Å². The van der Waals surface area contributed by atoms with Crippen molar-refractivity contribution in [3.8, 4) is 0 Å². The number of amides is 1. The Labute approximate surface area is 119 Å². The summed E-state index contributed by atoms with van der Waals surface area (Å²) in [5.41, 5.74) is 0.468. The van der Waals surface area contributed by atoms with E-state index in [0.717, 1.165) is 30.3 Å². The molecule has 19 heavy (non-hydrogen) atoms. The average molecular weight is 281 g/mol. The lowest BCUT2D eigenvalue weighted by Crippen LogP contribution is -2.46. The number of amidine groups is 1. The molecule has 0 bridgehead atoms. The van der Waals surface area contributed by atoms with E-state index in [1.165, 1.54) is 25.7 Å². The Morgan fingerprint density at radius 1 is 1.42 bits per heavy atom. The molecule has 1 unspecified atom stereocenters. The molecule has 0 saturated heterocycles. The smallest absolute Gasteiger partial charge is 0.242 e. The van der Waals surface area contributed by atoms with Crippen molar-refractivity contribution in [2.24, 2.45) is 10.4 Å². The second kappa shape index (κ2) is 5.35. The fourth-order valence-corrected chi connectivity index (χ4v) is 4.11. The molecule has 5 heteroatoms. The summed E-state index contributed by atoms with van der Waals surface area (Å²) >= 11 is 1.80. The van der Waals surface area contributed by atoms with Crippen LogP contribution < -0.4 is 10.6 Å². The van der Waals surface area contributed by atoms with E-state index in [-0.39, 0.29) is 11.9 Å². The summed E-state index contributed by atoms with van der Waals surface area (Å²) in [4.78, 5) is 16.5. The quantitative estimate of drug-likeness (QED) is 0.831. The Morgan fingerprint density at radius 2 is 2.16 bits per heavy atom. The van der Waals surface area contributed by atoms with Gasteiger partial charge in [0.15, 0.2) is 5.17 Å². The molecule has 1 aliphatic heterocycles. The minimum atomic E-state index is -0.176. The van der Waals surface area contributed by atoms with E-state index in [0.29, 0.717) is 11.5 Å². The highest BCUT2D eigenvalue weighted by Gasteiger charge is 2.36. The van der Waals surface area contributed by atoms with Gasteiger partial charge in [0.25, 0.3) is 0 Å². The number of nitrogens with zero attached hydrogens (tertiary/aromatic N) is 1. The lowest BCUT2D eigenvalue weighted by atomic mass is 9.89. The summed E-state index contributed by atoms with van der Waals surface area (Å²) < 4.78 is 0. The number of carbonyl (C=O) groups excluding carboxylic acids is 1. The zero-order valence-electron chi connectivity index (χ0n) is 11.6. The highest BCUT2D eigenvalue weighted by atomic mass is 32.2. The molecule has 4 nitrogen and oxygen atoms in total. The van der Waals surface area contributed by atoms with E-state index in [4.69, 9.17) is 0 Å². The number of rotatable bonds is 3. The van der Waals surface area contributed by atoms with Gasteiger partial charge in [0.2, 0.25) is 5.91 Å². The van der Waals surface area contributed by atoms with E-state index in [9.17, 15) is 4.79 Å².